The number of aromatic nitrogens is 2. The van der Waals surface area contributed by atoms with Crippen LogP contribution in [-0.4, -0.2) is 9.97 Å². The summed E-state index contributed by atoms with van der Waals surface area (Å²) in [5, 5.41) is 0. The van der Waals surface area contributed by atoms with Crippen molar-refractivity contribution in [3.8, 4) is 0 Å². The molecule has 3 nitrogen and oxygen atoms in total. The predicted octanol–water partition coefficient (Wildman–Crippen LogP) is 1.83. The highest BCUT2D eigenvalue weighted by Crippen LogP contribution is 2.15. The number of hydrogen-bond donors (Lipinski definition) is 1. The molecule has 70 valence electrons. The third kappa shape index (κ3) is 3.34. The fourth-order valence-corrected chi connectivity index (χ4v) is 1.07. The van der Waals surface area contributed by atoms with Gasteiger partial charge in [-0.3, -0.25) is 0 Å². The van der Waals surface area contributed by atoms with Crippen LogP contribution >= 0.6 is 0 Å². The number of allylic oxidation sites excluding steroid dienone is 1. The van der Waals surface area contributed by atoms with Gasteiger partial charge in [0.15, 0.2) is 0 Å². The van der Waals surface area contributed by atoms with Crippen molar-refractivity contribution >= 4 is 0 Å². The molecule has 1 aromatic rings. The molecule has 1 aromatic heterocycles. The van der Waals surface area contributed by atoms with Gasteiger partial charge in [0, 0.05) is 24.0 Å². The molecule has 1 heterocycles. The molecule has 0 bridgehead atoms. The Bertz CT molecular complexity index is 269. The van der Waals surface area contributed by atoms with Crippen molar-refractivity contribution in [1.29, 1.82) is 0 Å². The van der Waals surface area contributed by atoms with E-state index in [9.17, 15) is 0 Å². The first-order chi connectivity index (χ1) is 6.20. The Morgan fingerprint density at radius 1 is 1.54 bits per heavy atom. The molecule has 1 unspecified atom stereocenters. The highest BCUT2D eigenvalue weighted by molar-refractivity contribution is 5.08. The Labute approximate surface area is 78.7 Å². The Morgan fingerprint density at radius 2 is 2.15 bits per heavy atom. The molecular formula is C10H15N3. The van der Waals surface area contributed by atoms with E-state index in [4.69, 9.17) is 5.73 Å². The van der Waals surface area contributed by atoms with Gasteiger partial charge in [0.05, 0.1) is 0 Å². The van der Waals surface area contributed by atoms with Crippen LogP contribution in [0, 0.1) is 0 Å². The molecule has 1 rings (SSSR count). The second kappa shape index (κ2) is 4.72. The monoisotopic (exact) mass is 177 g/mol. The average Bonchev–Trinajstić information content (AvgIpc) is 2.15. The van der Waals surface area contributed by atoms with E-state index >= 15 is 0 Å². The van der Waals surface area contributed by atoms with Crippen LogP contribution in [0.15, 0.2) is 30.9 Å². The van der Waals surface area contributed by atoms with Gasteiger partial charge in [-0.25, -0.2) is 9.97 Å². The molecule has 0 radical (unpaired) electrons. The molecule has 2 N–H and O–H groups in total. The van der Waals surface area contributed by atoms with Crippen LogP contribution in [0.25, 0.3) is 0 Å². The topological polar surface area (TPSA) is 51.8 Å². The maximum Gasteiger partial charge on any atom is 0.115 e. The van der Waals surface area contributed by atoms with Gasteiger partial charge in [0.25, 0.3) is 0 Å². The third-order valence-corrected chi connectivity index (χ3v) is 1.89. The van der Waals surface area contributed by atoms with E-state index in [0.717, 1.165) is 24.0 Å². The number of nitrogens with zero attached hydrogens (tertiary/aromatic N) is 2. The minimum Gasteiger partial charge on any atom is -0.324 e. The molecule has 0 fully saturated rings. The van der Waals surface area contributed by atoms with Crippen LogP contribution in [-0.2, 0) is 0 Å². The van der Waals surface area contributed by atoms with Gasteiger partial charge in [-0.15, -0.1) is 6.58 Å². The molecule has 0 saturated carbocycles. The summed E-state index contributed by atoms with van der Waals surface area (Å²) >= 11 is 0. The van der Waals surface area contributed by atoms with Gasteiger partial charge in [-0.05, 0) is 19.8 Å². The van der Waals surface area contributed by atoms with E-state index in [1.807, 2.05) is 6.92 Å². The zero-order chi connectivity index (χ0) is 9.68. The van der Waals surface area contributed by atoms with Crippen molar-refractivity contribution in [3.05, 3.63) is 36.4 Å². The van der Waals surface area contributed by atoms with Crippen molar-refractivity contribution in [2.24, 2.45) is 5.73 Å². The second-order valence-electron chi connectivity index (χ2n) is 3.27. The Morgan fingerprint density at radius 3 is 2.69 bits per heavy atom. The van der Waals surface area contributed by atoms with Crippen LogP contribution < -0.4 is 5.73 Å². The zero-order valence-corrected chi connectivity index (χ0v) is 7.90. The molecule has 0 amide bonds. The summed E-state index contributed by atoms with van der Waals surface area (Å²) in [5.41, 5.74) is 8.07. The molecule has 0 spiro atoms. The summed E-state index contributed by atoms with van der Waals surface area (Å²) in [6.45, 7) is 5.84. The Balaban J connectivity index is 2.49. The molecular weight excluding hydrogens is 162 g/mol. The van der Waals surface area contributed by atoms with Crippen molar-refractivity contribution in [3.63, 3.8) is 0 Å². The lowest BCUT2D eigenvalue weighted by molar-refractivity contribution is 0.643. The van der Waals surface area contributed by atoms with Crippen LogP contribution in [0.2, 0.25) is 0 Å². The third-order valence-electron chi connectivity index (χ3n) is 1.89. The fraction of sp³-hybridized carbons (Fsp3) is 0.400. The maximum atomic E-state index is 5.92. The number of nitrogens with two attached hydrogens (primary N) is 1. The lowest BCUT2D eigenvalue weighted by Gasteiger charge is -2.10. The summed E-state index contributed by atoms with van der Waals surface area (Å²) < 4.78 is 0. The lowest BCUT2D eigenvalue weighted by atomic mass is 10.0. The zero-order valence-electron chi connectivity index (χ0n) is 7.90. The van der Waals surface area contributed by atoms with Crippen molar-refractivity contribution < 1.29 is 0 Å². The molecule has 0 aliphatic carbocycles. The van der Waals surface area contributed by atoms with Gasteiger partial charge in [0.1, 0.15) is 6.33 Å². The summed E-state index contributed by atoms with van der Waals surface area (Å²) in [7, 11) is 0. The maximum absolute atomic E-state index is 5.92. The fourth-order valence-electron chi connectivity index (χ4n) is 1.07. The first kappa shape index (κ1) is 9.86. The molecule has 0 aliphatic heterocycles. The first-order valence-electron chi connectivity index (χ1n) is 4.35. The van der Waals surface area contributed by atoms with Crippen LogP contribution in [0.4, 0.5) is 0 Å². The Kier molecular flexibility index (Phi) is 3.58. The molecule has 0 aromatic carbocycles. The minimum absolute atomic E-state index is 0.0258. The van der Waals surface area contributed by atoms with E-state index in [1.165, 1.54) is 6.33 Å². The van der Waals surface area contributed by atoms with Crippen molar-refractivity contribution in [2.45, 2.75) is 25.8 Å². The highest BCUT2D eigenvalue weighted by atomic mass is 14.8. The minimum atomic E-state index is 0.0258. The predicted molar refractivity (Wildman–Crippen MR) is 53.0 cm³/mol. The Hall–Kier alpha value is -1.22. The van der Waals surface area contributed by atoms with Crippen molar-refractivity contribution in [2.75, 3.05) is 0 Å². The van der Waals surface area contributed by atoms with Gasteiger partial charge >= 0.3 is 0 Å². The molecule has 1 atom stereocenters. The summed E-state index contributed by atoms with van der Waals surface area (Å²) in [5.74, 6) is 0. The van der Waals surface area contributed by atoms with E-state index in [0.29, 0.717) is 0 Å². The number of rotatable bonds is 4. The van der Waals surface area contributed by atoms with E-state index in [2.05, 4.69) is 16.5 Å². The van der Waals surface area contributed by atoms with Crippen LogP contribution in [0.1, 0.15) is 31.4 Å². The van der Waals surface area contributed by atoms with Crippen LogP contribution in [0.5, 0.6) is 0 Å². The summed E-state index contributed by atoms with van der Waals surface area (Å²) in [6, 6.07) is 0.0258. The normalized spacial score (nSPS) is 12.5. The quantitative estimate of drug-likeness (QED) is 0.714. The van der Waals surface area contributed by atoms with E-state index in [1.54, 1.807) is 12.4 Å². The van der Waals surface area contributed by atoms with Gasteiger partial charge in [-0.2, -0.15) is 0 Å². The lowest BCUT2D eigenvalue weighted by Crippen LogP contribution is -2.10. The molecule has 0 aliphatic rings. The second-order valence-corrected chi connectivity index (χ2v) is 3.27. The standard InChI is InChI=1S/C10H15N3/c1-8(2)3-4-10(11)9-5-12-7-13-6-9/h5-7,10H,1,3-4,11H2,2H3. The van der Waals surface area contributed by atoms with Crippen molar-refractivity contribution in [1.82, 2.24) is 9.97 Å². The first-order valence-corrected chi connectivity index (χ1v) is 4.35. The average molecular weight is 177 g/mol. The van der Waals surface area contributed by atoms with Gasteiger partial charge in [0.2, 0.25) is 0 Å². The van der Waals surface area contributed by atoms with E-state index < -0.39 is 0 Å². The molecule has 3 heteroatoms. The van der Waals surface area contributed by atoms with Gasteiger partial charge < -0.3 is 5.73 Å². The van der Waals surface area contributed by atoms with E-state index in [-0.39, 0.29) is 6.04 Å². The summed E-state index contributed by atoms with van der Waals surface area (Å²) in [4.78, 5) is 7.84. The highest BCUT2D eigenvalue weighted by Gasteiger charge is 2.05. The molecule has 0 saturated heterocycles. The van der Waals surface area contributed by atoms with Crippen LogP contribution in [0.3, 0.4) is 0 Å². The number of hydrogen-bond acceptors (Lipinski definition) is 3. The molecule has 13 heavy (non-hydrogen) atoms. The van der Waals surface area contributed by atoms with Gasteiger partial charge in [-0.1, -0.05) is 5.57 Å². The largest absolute Gasteiger partial charge is 0.324 e. The smallest absolute Gasteiger partial charge is 0.115 e. The SMILES string of the molecule is C=C(C)CCC(N)c1cncnc1. The summed E-state index contributed by atoms with van der Waals surface area (Å²) in [6.07, 6.45) is 6.89.